The molecule has 0 aliphatic heterocycles. The van der Waals surface area contributed by atoms with Crippen LogP contribution in [0.3, 0.4) is 0 Å². The molecule has 0 aromatic rings. The number of esters is 2. The van der Waals surface area contributed by atoms with Crippen molar-refractivity contribution in [3.8, 4) is 0 Å². The number of hydrogen-bond acceptors (Lipinski definition) is 7. The van der Waals surface area contributed by atoms with Crippen LogP contribution in [0.2, 0.25) is 0 Å². The quantitative estimate of drug-likeness (QED) is 0.267. The van der Waals surface area contributed by atoms with Crippen molar-refractivity contribution in [3.63, 3.8) is 0 Å². The zero-order valence-corrected chi connectivity index (χ0v) is 15.6. The first-order chi connectivity index (χ1) is 10.9. The summed E-state index contributed by atoms with van der Waals surface area (Å²) in [5.41, 5.74) is 0.843. The number of ether oxygens (including phenoxy) is 3. The van der Waals surface area contributed by atoms with Gasteiger partial charge in [-0.15, -0.1) is 0 Å². The molecule has 132 valence electrons. The van der Waals surface area contributed by atoms with Gasteiger partial charge in [0.2, 0.25) is 0 Å². The Kier molecular flexibility index (Phi) is 14.1. The minimum absolute atomic E-state index is 0.340. The largest absolute Gasteiger partial charge is 0.461 e. The second-order valence-corrected chi connectivity index (χ2v) is 7.12. The summed E-state index contributed by atoms with van der Waals surface area (Å²) in [4.78, 5) is 22.2. The highest BCUT2D eigenvalue weighted by atomic mass is 32.2. The standard InChI is InChI=1S/C16H26O5S2/c1-13(2)15(17)20-7-11-22-9-5-19-6-10-23-12-8-21-16(18)14(3)4/h1,3,5-12H2,2,4H3. The van der Waals surface area contributed by atoms with E-state index in [1.54, 1.807) is 37.4 Å². The molecule has 0 aromatic heterocycles. The highest BCUT2D eigenvalue weighted by molar-refractivity contribution is 7.99. The van der Waals surface area contributed by atoms with Crippen molar-refractivity contribution in [2.45, 2.75) is 13.8 Å². The van der Waals surface area contributed by atoms with Gasteiger partial charge in [0.15, 0.2) is 0 Å². The molecule has 23 heavy (non-hydrogen) atoms. The summed E-state index contributed by atoms with van der Waals surface area (Å²) in [5.74, 6) is 2.56. The Morgan fingerprint density at radius 3 is 1.43 bits per heavy atom. The summed E-state index contributed by atoms with van der Waals surface area (Å²) in [5, 5.41) is 0. The maximum absolute atomic E-state index is 11.1. The van der Waals surface area contributed by atoms with Gasteiger partial charge >= 0.3 is 11.9 Å². The average Bonchev–Trinajstić information content (AvgIpc) is 2.50. The monoisotopic (exact) mass is 362 g/mol. The van der Waals surface area contributed by atoms with E-state index in [2.05, 4.69) is 13.2 Å². The molecule has 0 aliphatic rings. The van der Waals surface area contributed by atoms with Crippen molar-refractivity contribution in [2.24, 2.45) is 0 Å². The van der Waals surface area contributed by atoms with Crippen LogP contribution in [-0.4, -0.2) is 61.4 Å². The average molecular weight is 363 g/mol. The third-order valence-corrected chi connectivity index (χ3v) is 4.18. The number of carbonyl (C=O) groups is 2. The highest BCUT2D eigenvalue weighted by Gasteiger charge is 2.02. The summed E-state index contributed by atoms with van der Waals surface area (Å²) in [6, 6.07) is 0. The van der Waals surface area contributed by atoms with Crippen LogP contribution in [0, 0.1) is 0 Å². The molecule has 5 nitrogen and oxygen atoms in total. The molecular weight excluding hydrogens is 336 g/mol. The number of rotatable bonds is 14. The molecule has 0 heterocycles. The topological polar surface area (TPSA) is 61.8 Å². The summed E-state index contributed by atoms with van der Waals surface area (Å²) in [7, 11) is 0. The second kappa shape index (κ2) is 14.7. The van der Waals surface area contributed by atoms with E-state index in [1.165, 1.54) is 0 Å². The molecule has 0 aromatic carbocycles. The fourth-order valence-electron chi connectivity index (χ4n) is 1.17. The van der Waals surface area contributed by atoms with E-state index >= 15 is 0 Å². The number of carbonyl (C=O) groups excluding carboxylic acids is 2. The first-order valence-electron chi connectivity index (χ1n) is 7.33. The Balaban J connectivity index is 3.19. The molecule has 0 spiro atoms. The van der Waals surface area contributed by atoms with Crippen LogP contribution in [0.15, 0.2) is 24.3 Å². The SMILES string of the molecule is C=C(C)C(=O)OCCSCCOCCSCCOC(=O)C(=C)C. The fourth-order valence-corrected chi connectivity index (χ4v) is 2.46. The van der Waals surface area contributed by atoms with Gasteiger partial charge in [0, 0.05) is 34.2 Å². The molecule has 0 N–H and O–H groups in total. The maximum Gasteiger partial charge on any atom is 0.333 e. The third-order valence-electron chi connectivity index (χ3n) is 2.36. The zero-order chi connectivity index (χ0) is 17.5. The van der Waals surface area contributed by atoms with Crippen LogP contribution in [0.5, 0.6) is 0 Å². The molecule has 0 fully saturated rings. The van der Waals surface area contributed by atoms with Gasteiger partial charge in [-0.25, -0.2) is 9.59 Å². The lowest BCUT2D eigenvalue weighted by atomic mass is 10.4. The van der Waals surface area contributed by atoms with E-state index in [4.69, 9.17) is 14.2 Å². The van der Waals surface area contributed by atoms with Crippen molar-refractivity contribution in [2.75, 3.05) is 49.4 Å². The Morgan fingerprint density at radius 2 is 1.09 bits per heavy atom. The predicted octanol–water partition coefficient (Wildman–Crippen LogP) is 2.71. The maximum atomic E-state index is 11.1. The minimum Gasteiger partial charge on any atom is -0.461 e. The summed E-state index contributed by atoms with van der Waals surface area (Å²) >= 11 is 3.36. The van der Waals surface area contributed by atoms with Gasteiger partial charge in [-0.2, -0.15) is 23.5 Å². The second-order valence-electron chi connectivity index (χ2n) is 4.67. The molecule has 0 rings (SSSR count). The van der Waals surface area contributed by atoms with E-state index in [1.807, 2.05) is 0 Å². The first kappa shape index (κ1) is 22.1. The fraction of sp³-hybridized carbons (Fsp3) is 0.625. The van der Waals surface area contributed by atoms with Gasteiger partial charge < -0.3 is 14.2 Å². The molecule has 7 heteroatoms. The van der Waals surface area contributed by atoms with Crippen LogP contribution >= 0.6 is 23.5 Å². The lowest BCUT2D eigenvalue weighted by Gasteiger charge is -2.06. The van der Waals surface area contributed by atoms with Crippen LogP contribution in [-0.2, 0) is 23.8 Å². The number of hydrogen-bond donors (Lipinski definition) is 0. The van der Waals surface area contributed by atoms with Gasteiger partial charge in [0.25, 0.3) is 0 Å². The van der Waals surface area contributed by atoms with E-state index in [0.717, 1.165) is 23.0 Å². The Morgan fingerprint density at radius 1 is 0.739 bits per heavy atom. The van der Waals surface area contributed by atoms with Crippen molar-refractivity contribution in [1.82, 2.24) is 0 Å². The van der Waals surface area contributed by atoms with Gasteiger partial charge in [-0.1, -0.05) is 13.2 Å². The highest BCUT2D eigenvalue weighted by Crippen LogP contribution is 2.03. The van der Waals surface area contributed by atoms with Crippen LogP contribution in [0.1, 0.15) is 13.8 Å². The number of thioether (sulfide) groups is 2. The molecule has 0 saturated carbocycles. The van der Waals surface area contributed by atoms with Gasteiger partial charge in [-0.3, -0.25) is 0 Å². The Bertz CT molecular complexity index is 360. The van der Waals surface area contributed by atoms with Gasteiger partial charge in [0.05, 0.1) is 13.2 Å². The molecule has 0 saturated heterocycles. The first-order valence-corrected chi connectivity index (χ1v) is 9.64. The van der Waals surface area contributed by atoms with E-state index in [0.29, 0.717) is 37.6 Å². The lowest BCUT2D eigenvalue weighted by Crippen LogP contribution is -2.09. The van der Waals surface area contributed by atoms with Crippen molar-refractivity contribution in [1.29, 1.82) is 0 Å². The molecule has 0 unspecified atom stereocenters. The molecule has 0 atom stereocenters. The van der Waals surface area contributed by atoms with Gasteiger partial charge in [0.1, 0.15) is 13.2 Å². The summed E-state index contributed by atoms with van der Waals surface area (Å²) < 4.78 is 15.4. The van der Waals surface area contributed by atoms with E-state index in [-0.39, 0.29) is 11.9 Å². The predicted molar refractivity (Wildman–Crippen MR) is 97.0 cm³/mol. The minimum atomic E-state index is -0.340. The molecule has 0 radical (unpaired) electrons. The molecule has 0 aliphatic carbocycles. The molecular formula is C16H26O5S2. The Hall–Kier alpha value is -0.920. The van der Waals surface area contributed by atoms with Crippen molar-refractivity contribution < 1.29 is 23.8 Å². The van der Waals surface area contributed by atoms with E-state index < -0.39 is 0 Å². The van der Waals surface area contributed by atoms with Crippen LogP contribution < -0.4 is 0 Å². The molecule has 0 bridgehead atoms. The lowest BCUT2D eigenvalue weighted by molar-refractivity contribution is -0.139. The van der Waals surface area contributed by atoms with Crippen LogP contribution in [0.4, 0.5) is 0 Å². The normalized spacial score (nSPS) is 10.2. The smallest absolute Gasteiger partial charge is 0.333 e. The summed E-state index contributed by atoms with van der Waals surface area (Å²) in [6.07, 6.45) is 0. The van der Waals surface area contributed by atoms with E-state index in [9.17, 15) is 9.59 Å². The summed E-state index contributed by atoms with van der Waals surface area (Å²) in [6.45, 7) is 12.4. The van der Waals surface area contributed by atoms with Crippen LogP contribution in [0.25, 0.3) is 0 Å². The van der Waals surface area contributed by atoms with Crippen molar-refractivity contribution in [3.05, 3.63) is 24.3 Å². The third kappa shape index (κ3) is 14.4. The van der Waals surface area contributed by atoms with Crippen molar-refractivity contribution >= 4 is 35.5 Å². The Labute approximate surface area is 147 Å². The van der Waals surface area contributed by atoms with Gasteiger partial charge in [-0.05, 0) is 13.8 Å². The molecule has 0 amide bonds. The zero-order valence-electron chi connectivity index (χ0n) is 13.9.